The van der Waals surface area contributed by atoms with Crippen molar-refractivity contribution in [2.24, 2.45) is 0 Å². The van der Waals surface area contributed by atoms with Crippen LogP contribution in [0.1, 0.15) is 18.1 Å². The van der Waals surface area contributed by atoms with Gasteiger partial charge >= 0.3 is 6.61 Å². The van der Waals surface area contributed by atoms with E-state index < -0.39 is 12.5 Å². The zero-order valence-corrected chi connectivity index (χ0v) is 18.0. The Kier molecular flexibility index (Phi) is 9.29. The lowest BCUT2D eigenvalue weighted by Crippen LogP contribution is -2.26. The molecule has 0 spiro atoms. The smallest absolute Gasteiger partial charge is 0.387 e. The van der Waals surface area contributed by atoms with E-state index in [4.69, 9.17) is 14.2 Å². The molecule has 2 aromatic rings. The summed E-state index contributed by atoms with van der Waals surface area (Å²) in [7, 11) is 3.08. The largest absolute Gasteiger partial charge is 0.493 e. The second-order valence-electron chi connectivity index (χ2n) is 6.38. The first-order chi connectivity index (χ1) is 15.4. The Morgan fingerprint density at radius 3 is 2.44 bits per heavy atom. The van der Waals surface area contributed by atoms with Gasteiger partial charge in [-0.05, 0) is 54.8 Å². The third-order valence-electron chi connectivity index (χ3n) is 4.31. The SMILES string of the molecule is CCOc1cc(/C=C(\C#N)C(=O)NCCc2ccc(OC)c(OC)c2)ccc1OC(F)F. The number of alkyl halides is 2. The lowest BCUT2D eigenvalue weighted by molar-refractivity contribution is -0.117. The average molecular weight is 446 g/mol. The summed E-state index contributed by atoms with van der Waals surface area (Å²) in [5, 5.41) is 12.1. The summed E-state index contributed by atoms with van der Waals surface area (Å²) in [4.78, 5) is 12.4. The van der Waals surface area contributed by atoms with Gasteiger partial charge in [-0.25, -0.2) is 0 Å². The fraction of sp³-hybridized carbons (Fsp3) is 0.304. The van der Waals surface area contributed by atoms with Crippen LogP contribution in [0.2, 0.25) is 0 Å². The minimum Gasteiger partial charge on any atom is -0.493 e. The first-order valence-electron chi connectivity index (χ1n) is 9.74. The molecule has 0 heterocycles. The Balaban J connectivity index is 2.07. The number of nitrogens with one attached hydrogen (secondary N) is 1. The van der Waals surface area contributed by atoms with Gasteiger partial charge in [0, 0.05) is 6.54 Å². The van der Waals surface area contributed by atoms with Crippen LogP contribution >= 0.6 is 0 Å². The number of carbonyl (C=O) groups is 1. The minimum absolute atomic E-state index is 0.0905. The van der Waals surface area contributed by atoms with Crippen molar-refractivity contribution in [3.63, 3.8) is 0 Å². The Morgan fingerprint density at radius 1 is 1.09 bits per heavy atom. The fourth-order valence-electron chi connectivity index (χ4n) is 2.84. The second kappa shape index (κ2) is 12.2. The summed E-state index contributed by atoms with van der Waals surface area (Å²) in [6, 6.07) is 11.5. The molecular weight excluding hydrogens is 422 g/mol. The number of methoxy groups -OCH3 is 2. The Hall–Kier alpha value is -3.80. The van der Waals surface area contributed by atoms with Gasteiger partial charge in [-0.2, -0.15) is 14.0 Å². The van der Waals surface area contributed by atoms with Gasteiger partial charge in [0.25, 0.3) is 5.91 Å². The van der Waals surface area contributed by atoms with Gasteiger partial charge in [0.2, 0.25) is 0 Å². The van der Waals surface area contributed by atoms with E-state index in [9.17, 15) is 18.8 Å². The van der Waals surface area contributed by atoms with Crippen LogP contribution in [0.5, 0.6) is 23.0 Å². The van der Waals surface area contributed by atoms with Crippen LogP contribution in [0.3, 0.4) is 0 Å². The normalized spacial score (nSPS) is 11.0. The van der Waals surface area contributed by atoms with E-state index in [1.807, 2.05) is 18.2 Å². The number of ether oxygens (including phenoxy) is 4. The van der Waals surface area contributed by atoms with Gasteiger partial charge in [0.1, 0.15) is 11.6 Å². The molecule has 0 saturated heterocycles. The Morgan fingerprint density at radius 2 is 1.81 bits per heavy atom. The third kappa shape index (κ3) is 6.87. The number of hydrogen-bond acceptors (Lipinski definition) is 6. The predicted octanol–water partition coefficient (Wildman–Crippen LogP) is 3.97. The van der Waals surface area contributed by atoms with Gasteiger partial charge in [0.15, 0.2) is 23.0 Å². The number of benzene rings is 2. The summed E-state index contributed by atoms with van der Waals surface area (Å²) in [5.74, 6) is 0.591. The Bertz CT molecular complexity index is 1000. The molecule has 0 aliphatic heterocycles. The van der Waals surface area contributed by atoms with E-state index in [0.29, 0.717) is 30.0 Å². The van der Waals surface area contributed by atoms with Crippen LogP contribution in [-0.4, -0.2) is 39.9 Å². The fourth-order valence-corrected chi connectivity index (χ4v) is 2.84. The summed E-state index contributed by atoms with van der Waals surface area (Å²) < 4.78 is 45.3. The van der Waals surface area contributed by atoms with Crippen LogP contribution in [0.4, 0.5) is 8.78 Å². The maximum absolute atomic E-state index is 12.5. The molecule has 1 amide bonds. The standard InChI is InChI=1S/C23H24F2N2O5/c1-4-31-21-13-16(6-8-19(21)32-23(24)25)11-17(14-26)22(28)27-10-9-15-5-7-18(29-2)20(12-15)30-3/h5-8,11-13,23H,4,9-10H2,1-3H3,(H,27,28)/b17-11+. The van der Waals surface area contributed by atoms with Crippen LogP contribution in [0.25, 0.3) is 6.08 Å². The first kappa shape index (κ1) is 24.5. The van der Waals surface area contributed by atoms with Crippen molar-refractivity contribution in [2.45, 2.75) is 20.0 Å². The zero-order valence-electron chi connectivity index (χ0n) is 18.0. The lowest BCUT2D eigenvalue weighted by atomic mass is 10.1. The molecule has 170 valence electrons. The van der Waals surface area contributed by atoms with E-state index >= 15 is 0 Å². The molecule has 0 bridgehead atoms. The summed E-state index contributed by atoms with van der Waals surface area (Å²) >= 11 is 0. The molecule has 7 nitrogen and oxygen atoms in total. The van der Waals surface area contributed by atoms with E-state index in [-0.39, 0.29) is 23.7 Å². The number of hydrogen-bond donors (Lipinski definition) is 1. The van der Waals surface area contributed by atoms with Crippen molar-refractivity contribution < 1.29 is 32.5 Å². The van der Waals surface area contributed by atoms with Gasteiger partial charge in [0.05, 0.1) is 20.8 Å². The number of carbonyl (C=O) groups excluding carboxylic acids is 1. The molecule has 0 radical (unpaired) electrons. The average Bonchev–Trinajstić information content (AvgIpc) is 2.78. The molecule has 1 N–H and O–H groups in total. The van der Waals surface area contributed by atoms with Crippen molar-refractivity contribution in [2.75, 3.05) is 27.4 Å². The Labute approximate surface area is 185 Å². The van der Waals surface area contributed by atoms with Gasteiger partial charge < -0.3 is 24.3 Å². The number of amides is 1. The lowest BCUT2D eigenvalue weighted by Gasteiger charge is -2.12. The van der Waals surface area contributed by atoms with Crippen LogP contribution < -0.4 is 24.3 Å². The van der Waals surface area contributed by atoms with Crippen LogP contribution in [0, 0.1) is 11.3 Å². The minimum atomic E-state index is -3.00. The number of nitrogens with zero attached hydrogens (tertiary/aromatic N) is 1. The van der Waals surface area contributed by atoms with Gasteiger partial charge in [-0.15, -0.1) is 0 Å². The number of rotatable bonds is 11. The summed E-state index contributed by atoms with van der Waals surface area (Å²) in [6.07, 6.45) is 1.86. The molecule has 0 fully saturated rings. The highest BCUT2D eigenvalue weighted by Gasteiger charge is 2.13. The van der Waals surface area contributed by atoms with Crippen molar-refractivity contribution >= 4 is 12.0 Å². The molecule has 0 atom stereocenters. The summed E-state index contributed by atoms with van der Waals surface area (Å²) in [5.41, 5.74) is 1.21. The first-order valence-corrected chi connectivity index (χ1v) is 9.74. The molecule has 0 aliphatic rings. The molecule has 2 rings (SSSR count). The van der Waals surface area contributed by atoms with E-state index in [1.54, 1.807) is 20.1 Å². The molecule has 9 heteroatoms. The topological polar surface area (TPSA) is 89.8 Å². The van der Waals surface area contributed by atoms with Gasteiger partial charge in [-0.3, -0.25) is 4.79 Å². The van der Waals surface area contributed by atoms with Crippen molar-refractivity contribution in [3.8, 4) is 29.1 Å². The number of nitriles is 1. The molecule has 0 saturated carbocycles. The van der Waals surface area contributed by atoms with Crippen LogP contribution in [-0.2, 0) is 11.2 Å². The molecule has 0 aromatic heterocycles. The third-order valence-corrected chi connectivity index (χ3v) is 4.31. The van der Waals surface area contributed by atoms with Crippen molar-refractivity contribution in [1.29, 1.82) is 5.26 Å². The maximum atomic E-state index is 12.5. The zero-order chi connectivity index (χ0) is 23.5. The van der Waals surface area contributed by atoms with E-state index in [0.717, 1.165) is 5.56 Å². The number of halogens is 2. The highest BCUT2D eigenvalue weighted by Crippen LogP contribution is 2.31. The second-order valence-corrected chi connectivity index (χ2v) is 6.38. The maximum Gasteiger partial charge on any atom is 0.387 e. The molecule has 32 heavy (non-hydrogen) atoms. The molecule has 0 aliphatic carbocycles. The van der Waals surface area contributed by atoms with E-state index in [1.165, 1.54) is 31.4 Å². The quantitative estimate of drug-likeness (QED) is 0.415. The monoisotopic (exact) mass is 446 g/mol. The highest BCUT2D eigenvalue weighted by atomic mass is 19.3. The molecular formula is C23H24F2N2O5. The molecule has 2 aromatic carbocycles. The highest BCUT2D eigenvalue weighted by molar-refractivity contribution is 6.01. The van der Waals surface area contributed by atoms with Crippen LogP contribution in [0.15, 0.2) is 42.0 Å². The van der Waals surface area contributed by atoms with Gasteiger partial charge in [-0.1, -0.05) is 12.1 Å². The summed E-state index contributed by atoms with van der Waals surface area (Å²) in [6.45, 7) is -0.782. The van der Waals surface area contributed by atoms with E-state index in [2.05, 4.69) is 10.1 Å². The molecule has 0 unspecified atom stereocenters. The predicted molar refractivity (Wildman–Crippen MR) is 114 cm³/mol. The van der Waals surface area contributed by atoms with Crippen molar-refractivity contribution in [3.05, 3.63) is 53.1 Å². The van der Waals surface area contributed by atoms with Crippen molar-refractivity contribution in [1.82, 2.24) is 5.32 Å².